The molecule has 0 aliphatic heterocycles. The first-order chi connectivity index (χ1) is 11.3. The van der Waals surface area contributed by atoms with Gasteiger partial charge in [-0.25, -0.2) is 0 Å². The fourth-order valence-corrected chi connectivity index (χ4v) is 2.80. The zero-order chi connectivity index (χ0) is 17.7. The topological polar surface area (TPSA) is 33.5 Å². The molecule has 0 fully saturated rings. The van der Waals surface area contributed by atoms with Crippen LogP contribution in [0.15, 0.2) is 48.5 Å². The van der Waals surface area contributed by atoms with Crippen LogP contribution in [0.1, 0.15) is 47.8 Å². The molecular weight excluding hydrogens is 296 g/mol. The molecule has 1 atom stereocenters. The Morgan fingerprint density at radius 1 is 0.917 bits per heavy atom. The second-order valence-corrected chi connectivity index (χ2v) is 7.53. The van der Waals surface area contributed by atoms with Gasteiger partial charge in [-0.3, -0.25) is 4.79 Å². The Bertz CT molecular complexity index is 666. The molecule has 0 bridgehead atoms. The summed E-state index contributed by atoms with van der Waals surface area (Å²) in [7, 11) is 3.85. The second kappa shape index (κ2) is 7.63. The summed E-state index contributed by atoms with van der Waals surface area (Å²) in [4.78, 5) is 13.0. The first kappa shape index (κ1) is 18.2. The van der Waals surface area contributed by atoms with E-state index in [9.17, 15) is 4.79 Å². The largest absolute Gasteiger partial charge is 0.355 e. The predicted octanol–water partition coefficient (Wildman–Crippen LogP) is 2.56. The van der Waals surface area contributed by atoms with Crippen molar-refractivity contribution >= 4 is 5.91 Å². The van der Waals surface area contributed by atoms with E-state index in [0.29, 0.717) is 5.56 Å². The lowest BCUT2D eigenvalue weighted by molar-refractivity contribution is -0.907. The number of amides is 1. The summed E-state index contributed by atoms with van der Waals surface area (Å²) < 4.78 is 0. The number of hydrogen-bond acceptors (Lipinski definition) is 1. The predicted molar refractivity (Wildman–Crippen MR) is 99.3 cm³/mol. The molecule has 0 aliphatic carbocycles. The van der Waals surface area contributed by atoms with Crippen molar-refractivity contribution in [3.05, 3.63) is 70.8 Å². The molecule has 0 radical (unpaired) electrons. The fraction of sp³-hybridized carbons (Fsp3) is 0.381. The Kier molecular flexibility index (Phi) is 5.79. The van der Waals surface area contributed by atoms with Gasteiger partial charge in [0.25, 0.3) is 5.91 Å². The molecule has 24 heavy (non-hydrogen) atoms. The van der Waals surface area contributed by atoms with Crippen molar-refractivity contribution in [2.45, 2.75) is 39.3 Å². The Hall–Kier alpha value is -2.13. The zero-order valence-electron chi connectivity index (χ0n) is 15.4. The van der Waals surface area contributed by atoms with E-state index in [4.69, 9.17) is 0 Å². The van der Waals surface area contributed by atoms with Crippen LogP contribution < -0.4 is 10.2 Å². The van der Waals surface area contributed by atoms with Gasteiger partial charge in [0.15, 0.2) is 0 Å². The van der Waals surface area contributed by atoms with Crippen molar-refractivity contribution in [2.75, 3.05) is 14.1 Å². The molecule has 3 heteroatoms. The maximum absolute atomic E-state index is 11.6. The van der Waals surface area contributed by atoms with E-state index in [1.54, 1.807) is 7.05 Å². The first-order valence-electron chi connectivity index (χ1n) is 8.51. The number of carbonyl (C=O) groups is 1. The number of benzene rings is 2. The molecular formula is C21H29N2O+. The lowest BCUT2D eigenvalue weighted by Gasteiger charge is -2.20. The smallest absolute Gasteiger partial charge is 0.251 e. The van der Waals surface area contributed by atoms with Gasteiger partial charge >= 0.3 is 0 Å². The highest BCUT2D eigenvalue weighted by Gasteiger charge is 2.13. The number of hydrogen-bond donors (Lipinski definition) is 2. The van der Waals surface area contributed by atoms with Crippen LogP contribution in [-0.4, -0.2) is 20.0 Å². The van der Waals surface area contributed by atoms with E-state index >= 15 is 0 Å². The highest BCUT2D eigenvalue weighted by molar-refractivity contribution is 5.93. The van der Waals surface area contributed by atoms with Gasteiger partial charge in [-0.15, -0.1) is 0 Å². The molecule has 2 rings (SSSR count). The molecule has 0 aliphatic rings. The summed E-state index contributed by atoms with van der Waals surface area (Å²) in [6, 6.07) is 16.8. The number of carbonyl (C=O) groups excluding carboxylic acids is 1. The fourth-order valence-electron chi connectivity index (χ4n) is 2.80. The molecule has 0 spiro atoms. The average molecular weight is 325 g/mol. The Balaban J connectivity index is 1.95. The molecule has 3 nitrogen and oxygen atoms in total. The van der Waals surface area contributed by atoms with Gasteiger partial charge in [-0.1, -0.05) is 57.2 Å². The molecule has 128 valence electrons. The molecule has 2 aromatic carbocycles. The van der Waals surface area contributed by atoms with Crippen LogP contribution in [0.2, 0.25) is 0 Å². The summed E-state index contributed by atoms with van der Waals surface area (Å²) in [5.74, 6) is -0.0406. The van der Waals surface area contributed by atoms with Crippen LogP contribution in [0.25, 0.3) is 0 Å². The Morgan fingerprint density at radius 2 is 1.38 bits per heavy atom. The zero-order valence-corrected chi connectivity index (χ0v) is 15.4. The Morgan fingerprint density at radius 3 is 1.79 bits per heavy atom. The van der Waals surface area contributed by atoms with Gasteiger partial charge < -0.3 is 10.2 Å². The van der Waals surface area contributed by atoms with E-state index in [-0.39, 0.29) is 11.3 Å². The van der Waals surface area contributed by atoms with E-state index < -0.39 is 0 Å². The van der Waals surface area contributed by atoms with Crippen LogP contribution in [0.3, 0.4) is 0 Å². The Labute approximate surface area is 145 Å². The van der Waals surface area contributed by atoms with Gasteiger partial charge in [-0.05, 0) is 23.1 Å². The van der Waals surface area contributed by atoms with Crippen LogP contribution >= 0.6 is 0 Å². The summed E-state index contributed by atoms with van der Waals surface area (Å²) in [6.45, 7) is 8.64. The minimum Gasteiger partial charge on any atom is -0.355 e. The average Bonchev–Trinajstić information content (AvgIpc) is 2.54. The summed E-state index contributed by atoms with van der Waals surface area (Å²) in [5.41, 5.74) is 4.86. The van der Waals surface area contributed by atoms with Crippen LogP contribution in [0, 0.1) is 0 Å². The molecule has 2 aromatic rings. The monoisotopic (exact) mass is 325 g/mol. The van der Waals surface area contributed by atoms with Gasteiger partial charge in [0.05, 0.1) is 7.05 Å². The van der Waals surface area contributed by atoms with Crippen molar-refractivity contribution in [1.82, 2.24) is 5.32 Å². The van der Waals surface area contributed by atoms with Crippen molar-refractivity contribution in [3.8, 4) is 0 Å². The molecule has 0 heterocycles. The van der Waals surface area contributed by atoms with Gasteiger partial charge in [0, 0.05) is 23.7 Å². The van der Waals surface area contributed by atoms with Gasteiger partial charge in [-0.2, -0.15) is 0 Å². The summed E-state index contributed by atoms with van der Waals surface area (Å²) in [6.07, 6.45) is 0. The third-order valence-corrected chi connectivity index (χ3v) is 4.27. The third-order valence-electron chi connectivity index (χ3n) is 4.27. The van der Waals surface area contributed by atoms with Gasteiger partial charge in [0.1, 0.15) is 13.1 Å². The second-order valence-electron chi connectivity index (χ2n) is 7.53. The number of nitrogens with one attached hydrogen (secondary N) is 2. The number of rotatable bonds is 5. The molecule has 0 saturated carbocycles. The maximum atomic E-state index is 11.6. The molecule has 0 saturated heterocycles. The standard InChI is InChI=1S/C21H28N2O/c1-21(2,3)19-12-8-17(9-13-19)15-23(5)14-16-6-10-18(11-7-16)20(24)22-4/h6-13H,14-15H2,1-5H3,(H,22,24)/p+1. The first-order valence-corrected chi connectivity index (χ1v) is 8.51. The molecule has 0 aromatic heterocycles. The summed E-state index contributed by atoms with van der Waals surface area (Å²) in [5, 5.41) is 2.65. The summed E-state index contributed by atoms with van der Waals surface area (Å²) >= 11 is 0. The molecule has 1 unspecified atom stereocenters. The van der Waals surface area contributed by atoms with E-state index in [1.807, 2.05) is 24.3 Å². The highest BCUT2D eigenvalue weighted by atomic mass is 16.1. The minimum atomic E-state index is -0.0406. The van der Waals surface area contributed by atoms with Crippen LogP contribution in [0.5, 0.6) is 0 Å². The van der Waals surface area contributed by atoms with Crippen LogP contribution in [-0.2, 0) is 18.5 Å². The van der Waals surface area contributed by atoms with Crippen molar-refractivity contribution in [3.63, 3.8) is 0 Å². The quantitative estimate of drug-likeness (QED) is 0.870. The van der Waals surface area contributed by atoms with E-state index in [2.05, 4.69) is 57.4 Å². The SMILES string of the molecule is CNC(=O)c1ccc(C[NH+](C)Cc2ccc(C(C)(C)C)cc2)cc1. The van der Waals surface area contributed by atoms with Crippen molar-refractivity contribution in [2.24, 2.45) is 0 Å². The molecule has 2 N–H and O–H groups in total. The highest BCUT2D eigenvalue weighted by Crippen LogP contribution is 2.21. The van der Waals surface area contributed by atoms with Crippen LogP contribution in [0.4, 0.5) is 0 Å². The maximum Gasteiger partial charge on any atom is 0.251 e. The molecule has 1 amide bonds. The lowest BCUT2D eigenvalue weighted by atomic mass is 9.87. The van der Waals surface area contributed by atoms with Crippen molar-refractivity contribution in [1.29, 1.82) is 0 Å². The van der Waals surface area contributed by atoms with E-state index in [0.717, 1.165) is 13.1 Å². The van der Waals surface area contributed by atoms with Crippen molar-refractivity contribution < 1.29 is 9.69 Å². The van der Waals surface area contributed by atoms with E-state index in [1.165, 1.54) is 21.6 Å². The minimum absolute atomic E-state index is 0.0406. The normalized spacial score (nSPS) is 12.7. The third kappa shape index (κ3) is 4.93. The number of quaternary nitrogens is 1. The lowest BCUT2D eigenvalue weighted by Crippen LogP contribution is -3.06. The van der Waals surface area contributed by atoms with Gasteiger partial charge in [0.2, 0.25) is 0 Å².